The highest BCUT2D eigenvalue weighted by molar-refractivity contribution is 7.98. The standard InChI is InChI=1S/C17H12FNS/c1-10-12-4-2-3-5-15(12)19-17-13-7-6-11(18)8-16(13)20-9-14(10)17/h2-8H,9H2,1H3. The van der Waals surface area contributed by atoms with Gasteiger partial charge in [-0.15, -0.1) is 11.8 Å². The topological polar surface area (TPSA) is 12.9 Å². The van der Waals surface area contributed by atoms with E-state index < -0.39 is 0 Å². The molecule has 0 fully saturated rings. The highest BCUT2D eigenvalue weighted by Crippen LogP contribution is 2.43. The third kappa shape index (κ3) is 1.66. The van der Waals surface area contributed by atoms with Gasteiger partial charge < -0.3 is 0 Å². The summed E-state index contributed by atoms with van der Waals surface area (Å²) in [5, 5.41) is 1.21. The van der Waals surface area contributed by atoms with Crippen LogP contribution in [0.15, 0.2) is 47.4 Å². The smallest absolute Gasteiger partial charge is 0.124 e. The number of hydrogen-bond donors (Lipinski definition) is 0. The van der Waals surface area contributed by atoms with Crippen LogP contribution in [0.4, 0.5) is 4.39 Å². The summed E-state index contributed by atoms with van der Waals surface area (Å²) in [5.74, 6) is 0.673. The molecule has 0 atom stereocenters. The van der Waals surface area contributed by atoms with E-state index >= 15 is 0 Å². The van der Waals surface area contributed by atoms with E-state index in [9.17, 15) is 4.39 Å². The van der Waals surface area contributed by atoms with Gasteiger partial charge in [0.25, 0.3) is 0 Å². The average molecular weight is 281 g/mol. The highest BCUT2D eigenvalue weighted by atomic mass is 32.2. The number of aromatic nitrogens is 1. The molecule has 98 valence electrons. The number of halogens is 1. The van der Waals surface area contributed by atoms with Gasteiger partial charge in [-0.3, -0.25) is 0 Å². The van der Waals surface area contributed by atoms with Crippen LogP contribution in [0, 0.1) is 12.7 Å². The number of fused-ring (bicyclic) bond motifs is 4. The largest absolute Gasteiger partial charge is 0.247 e. The molecule has 0 unspecified atom stereocenters. The Kier molecular flexibility index (Phi) is 2.57. The Morgan fingerprint density at radius 1 is 1.15 bits per heavy atom. The molecule has 0 N–H and O–H groups in total. The Hall–Kier alpha value is -1.87. The van der Waals surface area contributed by atoms with Crippen LogP contribution < -0.4 is 0 Å². The van der Waals surface area contributed by atoms with Gasteiger partial charge in [-0.2, -0.15) is 0 Å². The van der Waals surface area contributed by atoms with Crippen LogP contribution in [-0.2, 0) is 5.75 Å². The monoisotopic (exact) mass is 281 g/mol. The van der Waals surface area contributed by atoms with Crippen LogP contribution in [0.3, 0.4) is 0 Å². The summed E-state index contributed by atoms with van der Waals surface area (Å²) in [6.45, 7) is 2.15. The van der Waals surface area contributed by atoms with E-state index in [4.69, 9.17) is 4.98 Å². The lowest BCUT2D eigenvalue weighted by Gasteiger charge is -2.21. The van der Waals surface area contributed by atoms with E-state index in [0.717, 1.165) is 27.4 Å². The van der Waals surface area contributed by atoms with Crippen molar-refractivity contribution in [2.45, 2.75) is 17.6 Å². The van der Waals surface area contributed by atoms with Gasteiger partial charge >= 0.3 is 0 Å². The number of aryl methyl sites for hydroxylation is 1. The number of rotatable bonds is 0. The first-order valence-corrected chi connectivity index (χ1v) is 7.53. The van der Waals surface area contributed by atoms with Crippen LogP contribution in [0.2, 0.25) is 0 Å². The fraction of sp³-hybridized carbons (Fsp3) is 0.118. The third-order valence-corrected chi connectivity index (χ3v) is 4.93. The molecule has 0 saturated heterocycles. The molecule has 0 amide bonds. The quantitative estimate of drug-likeness (QED) is 0.578. The summed E-state index contributed by atoms with van der Waals surface area (Å²) in [6.07, 6.45) is 0. The molecular formula is C17H12FNS. The van der Waals surface area contributed by atoms with E-state index in [2.05, 4.69) is 13.0 Å². The lowest BCUT2D eigenvalue weighted by molar-refractivity contribution is 0.624. The Balaban J connectivity index is 2.08. The molecule has 2 aromatic carbocycles. The first kappa shape index (κ1) is 11.9. The average Bonchev–Trinajstić information content (AvgIpc) is 2.47. The maximum Gasteiger partial charge on any atom is 0.124 e. The van der Waals surface area contributed by atoms with E-state index in [1.807, 2.05) is 24.3 Å². The van der Waals surface area contributed by atoms with Crippen molar-refractivity contribution in [3.8, 4) is 11.3 Å². The Bertz CT molecular complexity index is 842. The van der Waals surface area contributed by atoms with Crippen molar-refractivity contribution in [3.05, 3.63) is 59.4 Å². The Morgan fingerprint density at radius 2 is 2.00 bits per heavy atom. The molecule has 1 aliphatic rings. The third-order valence-electron chi connectivity index (χ3n) is 3.85. The van der Waals surface area contributed by atoms with Crippen molar-refractivity contribution in [2.24, 2.45) is 0 Å². The van der Waals surface area contributed by atoms with Crippen molar-refractivity contribution in [2.75, 3.05) is 0 Å². The van der Waals surface area contributed by atoms with Crippen molar-refractivity contribution in [1.29, 1.82) is 0 Å². The van der Waals surface area contributed by atoms with Crippen molar-refractivity contribution >= 4 is 22.7 Å². The van der Waals surface area contributed by atoms with Crippen molar-refractivity contribution in [3.63, 3.8) is 0 Å². The molecule has 4 rings (SSSR count). The number of nitrogens with zero attached hydrogens (tertiary/aromatic N) is 1. The van der Waals surface area contributed by atoms with Gasteiger partial charge in [-0.05, 0) is 42.3 Å². The van der Waals surface area contributed by atoms with Crippen LogP contribution in [0.1, 0.15) is 11.1 Å². The van der Waals surface area contributed by atoms with Gasteiger partial charge in [-0.25, -0.2) is 9.37 Å². The lowest BCUT2D eigenvalue weighted by atomic mass is 9.98. The van der Waals surface area contributed by atoms with Crippen LogP contribution in [-0.4, -0.2) is 4.98 Å². The SMILES string of the molecule is Cc1c2c(nc3ccccc13)-c1ccc(F)cc1SC2. The first-order valence-electron chi connectivity index (χ1n) is 6.55. The molecule has 0 spiro atoms. The summed E-state index contributed by atoms with van der Waals surface area (Å²) in [7, 11) is 0. The van der Waals surface area contributed by atoms with Gasteiger partial charge in [0.15, 0.2) is 0 Å². The first-order chi connectivity index (χ1) is 9.74. The molecule has 3 aromatic rings. The van der Waals surface area contributed by atoms with E-state index in [-0.39, 0.29) is 5.82 Å². The number of para-hydroxylation sites is 1. The molecule has 1 aliphatic heterocycles. The van der Waals surface area contributed by atoms with Crippen LogP contribution >= 0.6 is 11.8 Å². The molecule has 1 aromatic heterocycles. The predicted molar refractivity (Wildman–Crippen MR) is 81.4 cm³/mol. The maximum absolute atomic E-state index is 13.4. The van der Waals surface area contributed by atoms with E-state index in [0.29, 0.717) is 0 Å². The minimum Gasteiger partial charge on any atom is -0.247 e. The summed E-state index contributed by atoms with van der Waals surface area (Å²) in [4.78, 5) is 5.80. The fourth-order valence-corrected chi connectivity index (χ4v) is 3.95. The lowest BCUT2D eigenvalue weighted by Crippen LogP contribution is -2.03. The molecule has 2 heterocycles. The minimum atomic E-state index is -0.183. The summed E-state index contributed by atoms with van der Waals surface area (Å²) >= 11 is 1.69. The second kappa shape index (κ2) is 4.32. The molecule has 0 saturated carbocycles. The molecule has 20 heavy (non-hydrogen) atoms. The van der Waals surface area contributed by atoms with Gasteiger partial charge in [0.1, 0.15) is 5.82 Å². The zero-order valence-electron chi connectivity index (χ0n) is 11.0. The zero-order valence-corrected chi connectivity index (χ0v) is 11.8. The summed E-state index contributed by atoms with van der Waals surface area (Å²) < 4.78 is 13.4. The number of thioether (sulfide) groups is 1. The maximum atomic E-state index is 13.4. The van der Waals surface area contributed by atoms with Gasteiger partial charge in [0.2, 0.25) is 0 Å². The fourth-order valence-electron chi connectivity index (χ4n) is 2.78. The molecule has 1 nitrogen and oxygen atoms in total. The number of benzene rings is 2. The molecule has 0 aliphatic carbocycles. The number of pyridine rings is 1. The van der Waals surface area contributed by atoms with Gasteiger partial charge in [-0.1, -0.05) is 18.2 Å². The molecule has 0 bridgehead atoms. The van der Waals surface area contributed by atoms with E-state index in [1.54, 1.807) is 17.8 Å². The Morgan fingerprint density at radius 3 is 2.90 bits per heavy atom. The minimum absolute atomic E-state index is 0.183. The van der Waals surface area contributed by atoms with Crippen molar-refractivity contribution in [1.82, 2.24) is 4.98 Å². The Labute approximate surface area is 120 Å². The second-order valence-corrected chi connectivity index (χ2v) is 6.03. The van der Waals surface area contributed by atoms with Crippen LogP contribution in [0.25, 0.3) is 22.2 Å². The molecular weight excluding hydrogens is 269 g/mol. The second-order valence-electron chi connectivity index (χ2n) is 5.01. The number of hydrogen-bond acceptors (Lipinski definition) is 2. The van der Waals surface area contributed by atoms with Crippen molar-refractivity contribution < 1.29 is 4.39 Å². The summed E-state index contributed by atoms with van der Waals surface area (Å²) in [5.41, 5.74) is 5.62. The zero-order chi connectivity index (χ0) is 13.7. The summed E-state index contributed by atoms with van der Waals surface area (Å²) in [6, 6.07) is 13.2. The predicted octanol–water partition coefficient (Wildman–Crippen LogP) is 4.96. The van der Waals surface area contributed by atoms with Gasteiger partial charge in [0, 0.05) is 21.6 Å². The van der Waals surface area contributed by atoms with E-state index in [1.165, 1.54) is 22.6 Å². The van der Waals surface area contributed by atoms with Crippen LogP contribution in [0.5, 0.6) is 0 Å². The molecule has 3 heteroatoms. The molecule has 0 radical (unpaired) electrons. The highest BCUT2D eigenvalue weighted by Gasteiger charge is 2.21. The van der Waals surface area contributed by atoms with Gasteiger partial charge in [0.05, 0.1) is 11.2 Å². The normalized spacial score (nSPS) is 13.1.